The maximum atomic E-state index is 12.0. The fourth-order valence-corrected chi connectivity index (χ4v) is 3.11. The van der Waals surface area contributed by atoms with Crippen molar-refractivity contribution in [3.05, 3.63) is 60.4 Å². The third-order valence-corrected chi connectivity index (χ3v) is 4.68. The van der Waals surface area contributed by atoms with Crippen LogP contribution in [0.4, 0.5) is 5.69 Å². The van der Waals surface area contributed by atoms with Gasteiger partial charge in [-0.25, -0.2) is 0 Å². The van der Waals surface area contributed by atoms with Gasteiger partial charge in [-0.2, -0.15) is 0 Å². The number of anilines is 1. The standard InChI is InChI=1S/C20H24N4O2/c25-19(22-13-16-5-2-1-3-6-16)20(26)23-14-17-8-11-24(12-9-17)18-7-4-10-21-15-18/h1-7,10,15,17H,8-9,11-14H2,(H,22,25)(H,23,26). The molecule has 1 aliphatic rings. The summed E-state index contributed by atoms with van der Waals surface area (Å²) in [6.45, 7) is 2.77. The van der Waals surface area contributed by atoms with Crippen LogP contribution in [0.5, 0.6) is 0 Å². The quantitative estimate of drug-likeness (QED) is 0.804. The molecule has 2 heterocycles. The van der Waals surface area contributed by atoms with E-state index in [1.54, 1.807) is 6.20 Å². The van der Waals surface area contributed by atoms with Gasteiger partial charge in [-0.15, -0.1) is 0 Å². The summed E-state index contributed by atoms with van der Waals surface area (Å²) >= 11 is 0. The topological polar surface area (TPSA) is 74.3 Å². The molecule has 0 radical (unpaired) electrons. The number of amides is 2. The highest BCUT2D eigenvalue weighted by Gasteiger charge is 2.21. The average Bonchev–Trinajstić information content (AvgIpc) is 2.72. The van der Waals surface area contributed by atoms with Crippen LogP contribution in [0.25, 0.3) is 0 Å². The van der Waals surface area contributed by atoms with Crippen LogP contribution < -0.4 is 15.5 Å². The largest absolute Gasteiger partial charge is 0.370 e. The van der Waals surface area contributed by atoms with Crippen molar-refractivity contribution in [3.63, 3.8) is 0 Å². The summed E-state index contributed by atoms with van der Waals surface area (Å²) in [5.41, 5.74) is 2.10. The van der Waals surface area contributed by atoms with Gasteiger partial charge in [0.15, 0.2) is 0 Å². The molecule has 2 N–H and O–H groups in total. The second kappa shape index (κ2) is 8.99. The molecule has 6 heteroatoms. The number of pyridine rings is 1. The van der Waals surface area contributed by atoms with Crippen molar-refractivity contribution in [2.24, 2.45) is 5.92 Å². The fourth-order valence-electron chi connectivity index (χ4n) is 3.11. The Kier molecular flexibility index (Phi) is 6.19. The summed E-state index contributed by atoms with van der Waals surface area (Å²) in [6.07, 6.45) is 5.62. The van der Waals surface area contributed by atoms with E-state index in [9.17, 15) is 9.59 Å². The van der Waals surface area contributed by atoms with Gasteiger partial charge in [-0.3, -0.25) is 14.6 Å². The molecule has 0 unspecified atom stereocenters. The van der Waals surface area contributed by atoms with Gasteiger partial charge in [-0.05, 0) is 36.5 Å². The van der Waals surface area contributed by atoms with Gasteiger partial charge in [0.25, 0.3) is 0 Å². The molecule has 6 nitrogen and oxygen atoms in total. The lowest BCUT2D eigenvalue weighted by atomic mass is 9.96. The van der Waals surface area contributed by atoms with E-state index in [2.05, 4.69) is 26.6 Å². The molecule has 1 saturated heterocycles. The number of nitrogens with one attached hydrogen (secondary N) is 2. The number of aromatic nitrogens is 1. The van der Waals surface area contributed by atoms with Crippen LogP contribution in [0.3, 0.4) is 0 Å². The smallest absolute Gasteiger partial charge is 0.309 e. The Morgan fingerprint density at radius 3 is 2.42 bits per heavy atom. The maximum Gasteiger partial charge on any atom is 0.309 e. The lowest BCUT2D eigenvalue weighted by Gasteiger charge is -2.33. The molecule has 26 heavy (non-hydrogen) atoms. The van der Waals surface area contributed by atoms with Crippen LogP contribution in [0, 0.1) is 5.92 Å². The van der Waals surface area contributed by atoms with Gasteiger partial charge in [0.05, 0.1) is 11.9 Å². The first-order valence-electron chi connectivity index (χ1n) is 8.97. The van der Waals surface area contributed by atoms with E-state index in [0.717, 1.165) is 37.2 Å². The van der Waals surface area contributed by atoms with E-state index in [1.807, 2.05) is 42.6 Å². The molecule has 0 spiro atoms. The number of carbonyl (C=O) groups excluding carboxylic acids is 2. The number of nitrogens with zero attached hydrogens (tertiary/aromatic N) is 2. The minimum atomic E-state index is -0.582. The molecule has 0 bridgehead atoms. The molecule has 3 rings (SSSR count). The minimum absolute atomic E-state index is 0.358. The monoisotopic (exact) mass is 352 g/mol. The van der Waals surface area contributed by atoms with E-state index in [-0.39, 0.29) is 0 Å². The Balaban J connectivity index is 1.36. The van der Waals surface area contributed by atoms with Crippen molar-refractivity contribution >= 4 is 17.5 Å². The highest BCUT2D eigenvalue weighted by atomic mass is 16.2. The Labute approximate surface area is 153 Å². The highest BCUT2D eigenvalue weighted by Crippen LogP contribution is 2.21. The molecule has 2 amide bonds. The van der Waals surface area contributed by atoms with Crippen molar-refractivity contribution in [2.45, 2.75) is 19.4 Å². The lowest BCUT2D eigenvalue weighted by Crippen LogP contribution is -2.43. The first-order chi connectivity index (χ1) is 12.7. The van der Waals surface area contributed by atoms with Crippen LogP contribution in [-0.2, 0) is 16.1 Å². The summed E-state index contributed by atoms with van der Waals surface area (Å²) in [5.74, 6) is -0.744. The highest BCUT2D eigenvalue weighted by molar-refractivity contribution is 6.35. The summed E-state index contributed by atoms with van der Waals surface area (Å²) in [7, 11) is 0. The van der Waals surface area contributed by atoms with Crippen molar-refractivity contribution in [1.29, 1.82) is 0 Å². The number of hydrogen-bond acceptors (Lipinski definition) is 4. The molecular weight excluding hydrogens is 328 g/mol. The molecule has 136 valence electrons. The molecule has 1 fully saturated rings. The summed E-state index contributed by atoms with van der Waals surface area (Å²) < 4.78 is 0. The van der Waals surface area contributed by atoms with Crippen molar-refractivity contribution < 1.29 is 9.59 Å². The zero-order valence-electron chi connectivity index (χ0n) is 14.7. The zero-order chi connectivity index (χ0) is 18.2. The van der Waals surface area contributed by atoms with Crippen LogP contribution in [0.15, 0.2) is 54.9 Å². The van der Waals surface area contributed by atoms with Gasteiger partial charge in [0.2, 0.25) is 0 Å². The average molecular weight is 352 g/mol. The van der Waals surface area contributed by atoms with Gasteiger partial charge < -0.3 is 15.5 Å². The molecule has 1 aliphatic heterocycles. The molecule has 0 atom stereocenters. The predicted molar refractivity (Wildman–Crippen MR) is 100 cm³/mol. The minimum Gasteiger partial charge on any atom is -0.370 e. The fraction of sp³-hybridized carbons (Fsp3) is 0.350. The van der Waals surface area contributed by atoms with Crippen LogP contribution >= 0.6 is 0 Å². The first-order valence-corrected chi connectivity index (χ1v) is 8.97. The summed E-state index contributed by atoms with van der Waals surface area (Å²) in [5, 5.41) is 5.41. The van der Waals surface area contributed by atoms with E-state index >= 15 is 0 Å². The van der Waals surface area contributed by atoms with E-state index < -0.39 is 11.8 Å². The normalized spacial score (nSPS) is 14.7. The molecule has 0 saturated carbocycles. The van der Waals surface area contributed by atoms with Crippen LogP contribution in [0.1, 0.15) is 18.4 Å². The number of carbonyl (C=O) groups is 2. The molecule has 1 aromatic heterocycles. The van der Waals surface area contributed by atoms with E-state index in [4.69, 9.17) is 0 Å². The number of piperidine rings is 1. The van der Waals surface area contributed by atoms with Crippen molar-refractivity contribution in [3.8, 4) is 0 Å². The second-order valence-corrected chi connectivity index (χ2v) is 6.52. The number of hydrogen-bond donors (Lipinski definition) is 2. The van der Waals surface area contributed by atoms with Gasteiger partial charge >= 0.3 is 11.8 Å². The maximum absolute atomic E-state index is 12.0. The lowest BCUT2D eigenvalue weighted by molar-refractivity contribution is -0.139. The number of rotatable bonds is 5. The molecular formula is C20H24N4O2. The van der Waals surface area contributed by atoms with Crippen molar-refractivity contribution in [1.82, 2.24) is 15.6 Å². The molecule has 0 aliphatic carbocycles. The van der Waals surface area contributed by atoms with Gasteiger partial charge in [0, 0.05) is 32.4 Å². The summed E-state index contributed by atoms with van der Waals surface area (Å²) in [6, 6.07) is 13.5. The zero-order valence-corrected chi connectivity index (χ0v) is 14.7. The van der Waals surface area contributed by atoms with Gasteiger partial charge in [0.1, 0.15) is 0 Å². The van der Waals surface area contributed by atoms with Crippen molar-refractivity contribution in [2.75, 3.05) is 24.5 Å². The van der Waals surface area contributed by atoms with Crippen LogP contribution in [0.2, 0.25) is 0 Å². The van der Waals surface area contributed by atoms with E-state index in [0.29, 0.717) is 19.0 Å². The predicted octanol–water partition coefficient (Wildman–Crippen LogP) is 1.73. The van der Waals surface area contributed by atoms with Gasteiger partial charge in [-0.1, -0.05) is 30.3 Å². The third-order valence-electron chi connectivity index (χ3n) is 4.68. The first kappa shape index (κ1) is 17.9. The van der Waals surface area contributed by atoms with E-state index in [1.165, 1.54) is 0 Å². The second-order valence-electron chi connectivity index (χ2n) is 6.52. The number of benzene rings is 1. The Morgan fingerprint density at radius 2 is 1.73 bits per heavy atom. The SMILES string of the molecule is O=C(NCc1ccccc1)C(=O)NCC1CCN(c2cccnc2)CC1. The Bertz CT molecular complexity index is 713. The Hall–Kier alpha value is -2.89. The summed E-state index contributed by atoms with van der Waals surface area (Å²) in [4.78, 5) is 30.3. The molecule has 2 aromatic rings. The van der Waals surface area contributed by atoms with Crippen LogP contribution in [-0.4, -0.2) is 36.4 Å². The molecule has 1 aromatic carbocycles. The Morgan fingerprint density at radius 1 is 1.00 bits per heavy atom. The third kappa shape index (κ3) is 5.05.